The maximum absolute atomic E-state index is 2.50. The highest BCUT2D eigenvalue weighted by molar-refractivity contribution is 5.71. The molecule has 3 rings (SSSR count). The van der Waals surface area contributed by atoms with Crippen LogP contribution in [0.1, 0.15) is 43.7 Å². The van der Waals surface area contributed by atoms with Crippen LogP contribution in [-0.2, 0) is 0 Å². The zero-order valence-electron chi connectivity index (χ0n) is 13.4. The lowest BCUT2D eigenvalue weighted by molar-refractivity contribution is 0.865. The van der Waals surface area contributed by atoms with Gasteiger partial charge in [-0.2, -0.15) is 0 Å². The highest BCUT2D eigenvalue weighted by atomic mass is 15.1. The Kier molecular flexibility index (Phi) is 4.01. The van der Waals surface area contributed by atoms with Crippen molar-refractivity contribution >= 4 is 5.69 Å². The topological polar surface area (TPSA) is 3.24 Å². The van der Waals surface area contributed by atoms with Crippen LogP contribution >= 0.6 is 0 Å². The van der Waals surface area contributed by atoms with E-state index in [2.05, 4.69) is 68.1 Å². The Morgan fingerprint density at radius 1 is 0.952 bits per heavy atom. The average Bonchev–Trinajstić information content (AvgIpc) is 3.01. The van der Waals surface area contributed by atoms with Gasteiger partial charge in [0.2, 0.25) is 0 Å². The van der Waals surface area contributed by atoms with E-state index in [4.69, 9.17) is 0 Å². The molecule has 0 saturated carbocycles. The van der Waals surface area contributed by atoms with Crippen molar-refractivity contribution in [2.24, 2.45) is 0 Å². The van der Waals surface area contributed by atoms with Crippen molar-refractivity contribution in [3.63, 3.8) is 0 Å². The lowest BCUT2D eigenvalue weighted by Gasteiger charge is -2.19. The van der Waals surface area contributed by atoms with E-state index in [0.29, 0.717) is 5.92 Å². The number of rotatable bonds is 3. The van der Waals surface area contributed by atoms with Gasteiger partial charge in [-0.15, -0.1) is 0 Å². The van der Waals surface area contributed by atoms with Crippen molar-refractivity contribution in [2.45, 2.75) is 39.5 Å². The molecule has 1 heterocycles. The normalized spacial score (nSPS) is 15.0. The third kappa shape index (κ3) is 2.97. The molecule has 0 radical (unpaired) electrons. The summed E-state index contributed by atoms with van der Waals surface area (Å²) >= 11 is 0. The summed E-state index contributed by atoms with van der Waals surface area (Å²) in [4.78, 5) is 2.50. The molecule has 1 heteroatoms. The largest absolute Gasteiger partial charge is 0.372 e. The van der Waals surface area contributed by atoms with Crippen LogP contribution in [0.15, 0.2) is 42.5 Å². The lowest BCUT2D eigenvalue weighted by atomic mass is 9.94. The fourth-order valence-electron chi connectivity index (χ4n) is 3.22. The van der Waals surface area contributed by atoms with E-state index in [1.807, 2.05) is 0 Å². The molecule has 21 heavy (non-hydrogen) atoms. The Balaban J connectivity index is 1.94. The summed E-state index contributed by atoms with van der Waals surface area (Å²) in [7, 11) is 0. The maximum Gasteiger partial charge on any atom is 0.0372 e. The third-order valence-electron chi connectivity index (χ3n) is 4.55. The number of hydrogen-bond donors (Lipinski definition) is 0. The van der Waals surface area contributed by atoms with E-state index >= 15 is 0 Å². The van der Waals surface area contributed by atoms with E-state index < -0.39 is 0 Å². The van der Waals surface area contributed by atoms with Gasteiger partial charge in [0.1, 0.15) is 0 Å². The molecule has 0 unspecified atom stereocenters. The van der Waals surface area contributed by atoms with Crippen LogP contribution in [0.4, 0.5) is 5.69 Å². The second-order valence-electron chi connectivity index (χ2n) is 6.47. The predicted octanol–water partition coefficient (Wildman–Crippen LogP) is 5.39. The molecule has 1 aliphatic heterocycles. The molecule has 1 fully saturated rings. The van der Waals surface area contributed by atoms with Gasteiger partial charge >= 0.3 is 0 Å². The highest BCUT2D eigenvalue weighted by Gasteiger charge is 2.13. The van der Waals surface area contributed by atoms with Crippen molar-refractivity contribution < 1.29 is 0 Å². The van der Waals surface area contributed by atoms with Crippen LogP contribution < -0.4 is 4.90 Å². The molecule has 0 aromatic heterocycles. The fraction of sp³-hybridized carbons (Fsp3) is 0.400. The second kappa shape index (κ2) is 5.93. The van der Waals surface area contributed by atoms with E-state index in [1.54, 1.807) is 0 Å². The molecule has 0 atom stereocenters. The molecule has 1 aliphatic rings. The molecule has 0 spiro atoms. The zero-order valence-corrected chi connectivity index (χ0v) is 13.4. The molecule has 2 aromatic carbocycles. The number of nitrogens with zero attached hydrogens (tertiary/aromatic N) is 1. The third-order valence-corrected chi connectivity index (χ3v) is 4.55. The SMILES string of the molecule is Cc1cc(C(C)C)ccc1-c1cccc(N2CCCC2)c1. The summed E-state index contributed by atoms with van der Waals surface area (Å²) in [6, 6.07) is 15.9. The molecule has 110 valence electrons. The molecule has 0 bridgehead atoms. The minimum Gasteiger partial charge on any atom is -0.372 e. The number of benzene rings is 2. The second-order valence-corrected chi connectivity index (χ2v) is 6.47. The van der Waals surface area contributed by atoms with E-state index in [0.717, 1.165) is 0 Å². The summed E-state index contributed by atoms with van der Waals surface area (Å²) in [5.41, 5.74) is 6.87. The Hall–Kier alpha value is -1.76. The molecule has 0 N–H and O–H groups in total. The molecule has 0 aliphatic carbocycles. The number of anilines is 1. The monoisotopic (exact) mass is 279 g/mol. The van der Waals surface area contributed by atoms with Gasteiger partial charge in [0.05, 0.1) is 0 Å². The van der Waals surface area contributed by atoms with Gasteiger partial charge in [-0.05, 0) is 60.1 Å². The van der Waals surface area contributed by atoms with Gasteiger partial charge in [0, 0.05) is 18.8 Å². The Bertz CT molecular complexity index is 621. The standard InChI is InChI=1S/C20H25N/c1-15(2)17-9-10-20(16(3)13-17)18-7-6-8-19(14-18)21-11-4-5-12-21/h6-10,13-15H,4-5,11-12H2,1-3H3. The number of hydrogen-bond acceptors (Lipinski definition) is 1. The molecule has 1 nitrogen and oxygen atoms in total. The lowest BCUT2D eigenvalue weighted by Crippen LogP contribution is -2.17. The molecule has 2 aromatic rings. The van der Waals surface area contributed by atoms with Crippen molar-refractivity contribution in [3.05, 3.63) is 53.6 Å². The first-order valence-corrected chi connectivity index (χ1v) is 8.11. The van der Waals surface area contributed by atoms with Crippen LogP contribution in [0, 0.1) is 6.92 Å². The minimum atomic E-state index is 0.591. The van der Waals surface area contributed by atoms with Crippen molar-refractivity contribution in [1.82, 2.24) is 0 Å². The smallest absolute Gasteiger partial charge is 0.0372 e. The van der Waals surface area contributed by atoms with Crippen LogP contribution in [0.25, 0.3) is 11.1 Å². The number of aryl methyl sites for hydroxylation is 1. The molecule has 0 amide bonds. The zero-order chi connectivity index (χ0) is 14.8. The van der Waals surface area contributed by atoms with E-state index in [9.17, 15) is 0 Å². The van der Waals surface area contributed by atoms with Crippen LogP contribution in [0.5, 0.6) is 0 Å². The maximum atomic E-state index is 2.50. The molecule has 1 saturated heterocycles. The summed E-state index contributed by atoms with van der Waals surface area (Å²) in [5, 5.41) is 0. The Morgan fingerprint density at radius 3 is 2.38 bits per heavy atom. The van der Waals surface area contributed by atoms with Gasteiger partial charge < -0.3 is 4.90 Å². The van der Waals surface area contributed by atoms with Gasteiger partial charge in [0.25, 0.3) is 0 Å². The first kappa shape index (κ1) is 14.2. The Morgan fingerprint density at radius 2 is 1.71 bits per heavy atom. The van der Waals surface area contributed by atoms with Crippen molar-refractivity contribution in [3.8, 4) is 11.1 Å². The van der Waals surface area contributed by atoms with E-state index in [-0.39, 0.29) is 0 Å². The minimum absolute atomic E-state index is 0.591. The Labute approximate surface area is 128 Å². The summed E-state index contributed by atoms with van der Waals surface area (Å²) < 4.78 is 0. The van der Waals surface area contributed by atoms with Gasteiger partial charge in [0.15, 0.2) is 0 Å². The molecular formula is C20H25N. The van der Waals surface area contributed by atoms with Crippen LogP contribution in [0.2, 0.25) is 0 Å². The summed E-state index contributed by atoms with van der Waals surface area (Å²) in [5.74, 6) is 0.591. The van der Waals surface area contributed by atoms with Gasteiger partial charge in [-0.3, -0.25) is 0 Å². The summed E-state index contributed by atoms with van der Waals surface area (Å²) in [6.45, 7) is 9.14. The van der Waals surface area contributed by atoms with Crippen LogP contribution in [-0.4, -0.2) is 13.1 Å². The fourth-order valence-corrected chi connectivity index (χ4v) is 3.22. The first-order valence-electron chi connectivity index (χ1n) is 8.11. The van der Waals surface area contributed by atoms with Crippen molar-refractivity contribution in [2.75, 3.05) is 18.0 Å². The average molecular weight is 279 g/mol. The van der Waals surface area contributed by atoms with Crippen molar-refractivity contribution in [1.29, 1.82) is 0 Å². The predicted molar refractivity (Wildman–Crippen MR) is 92.2 cm³/mol. The highest BCUT2D eigenvalue weighted by Crippen LogP contribution is 2.30. The van der Waals surface area contributed by atoms with Crippen LogP contribution in [0.3, 0.4) is 0 Å². The quantitative estimate of drug-likeness (QED) is 0.728. The van der Waals surface area contributed by atoms with Gasteiger partial charge in [-0.1, -0.05) is 44.2 Å². The van der Waals surface area contributed by atoms with Gasteiger partial charge in [-0.25, -0.2) is 0 Å². The summed E-state index contributed by atoms with van der Waals surface area (Å²) in [6.07, 6.45) is 2.65. The molecular weight excluding hydrogens is 254 g/mol. The first-order chi connectivity index (χ1) is 10.1. The van der Waals surface area contributed by atoms with E-state index in [1.165, 1.54) is 53.9 Å².